The first-order chi connectivity index (χ1) is 11.8. The molecule has 0 bridgehead atoms. The lowest BCUT2D eigenvalue weighted by molar-refractivity contribution is -0.120. The summed E-state index contributed by atoms with van der Waals surface area (Å²) in [6.45, 7) is 0. The summed E-state index contributed by atoms with van der Waals surface area (Å²) >= 11 is 1.58. The Hall–Kier alpha value is -2.66. The van der Waals surface area contributed by atoms with Crippen LogP contribution in [-0.2, 0) is 11.2 Å². The van der Waals surface area contributed by atoms with E-state index in [2.05, 4.69) is 10.3 Å². The molecule has 0 saturated carbocycles. The molecule has 0 fully saturated rings. The van der Waals surface area contributed by atoms with Gasteiger partial charge in [0.05, 0.1) is 25.3 Å². The highest BCUT2D eigenvalue weighted by atomic mass is 32.1. The van der Waals surface area contributed by atoms with Crippen LogP contribution in [0.2, 0.25) is 0 Å². The molecule has 0 aliphatic heterocycles. The van der Waals surface area contributed by atoms with E-state index in [0.29, 0.717) is 6.42 Å². The maximum Gasteiger partial charge on any atom is 0.226 e. The zero-order valence-electron chi connectivity index (χ0n) is 13.3. The van der Waals surface area contributed by atoms with Crippen molar-refractivity contribution in [2.75, 3.05) is 7.11 Å². The Labute approximate surface area is 145 Å². The lowest BCUT2D eigenvalue weighted by Gasteiger charge is -2.21. The number of rotatable bonds is 6. The van der Waals surface area contributed by atoms with Crippen molar-refractivity contribution in [2.24, 2.45) is 0 Å². The van der Waals surface area contributed by atoms with E-state index < -0.39 is 0 Å². The number of benzene rings is 1. The number of amides is 1. The van der Waals surface area contributed by atoms with Crippen LogP contribution in [0.1, 0.15) is 22.2 Å². The minimum atomic E-state index is -0.352. The fourth-order valence-electron chi connectivity index (χ4n) is 2.55. The number of methoxy groups -OCH3 is 1. The van der Waals surface area contributed by atoms with Crippen molar-refractivity contribution in [2.45, 2.75) is 12.5 Å². The van der Waals surface area contributed by atoms with Gasteiger partial charge in [-0.15, -0.1) is 11.3 Å². The first kappa shape index (κ1) is 16.2. The Bertz CT molecular complexity index is 788. The standard InChI is InChI=1S/C19H18N2O2S/c1-23-17-10-3-2-8-15(17)19(16-9-4-5-11-20-16)21-18(22)13-14-7-6-12-24-14/h2-12,19H,13H2,1H3,(H,21,22)/t19-/m1/s1. The molecule has 1 N–H and O–H groups in total. The molecule has 0 unspecified atom stereocenters. The molecule has 0 aliphatic rings. The van der Waals surface area contributed by atoms with Crippen LogP contribution >= 0.6 is 11.3 Å². The second-order valence-electron chi connectivity index (χ2n) is 5.25. The molecule has 5 heteroatoms. The number of hydrogen-bond donors (Lipinski definition) is 1. The quantitative estimate of drug-likeness (QED) is 0.747. The van der Waals surface area contributed by atoms with Gasteiger partial charge in [0.1, 0.15) is 5.75 Å². The average molecular weight is 338 g/mol. The molecule has 1 aromatic carbocycles. The van der Waals surface area contributed by atoms with Gasteiger partial charge in [-0.3, -0.25) is 9.78 Å². The predicted octanol–water partition coefficient (Wildman–Crippen LogP) is 3.60. The molecule has 24 heavy (non-hydrogen) atoms. The number of ether oxygens (including phenoxy) is 1. The topological polar surface area (TPSA) is 51.2 Å². The first-order valence-electron chi connectivity index (χ1n) is 7.63. The molecule has 3 rings (SSSR count). The first-order valence-corrected chi connectivity index (χ1v) is 8.51. The molecule has 3 aromatic rings. The third-order valence-corrected chi connectivity index (χ3v) is 4.53. The zero-order chi connectivity index (χ0) is 16.8. The fraction of sp³-hybridized carbons (Fsp3) is 0.158. The normalized spacial score (nSPS) is 11.7. The van der Waals surface area contributed by atoms with Crippen molar-refractivity contribution in [1.82, 2.24) is 10.3 Å². The van der Waals surface area contributed by atoms with Gasteiger partial charge in [-0.25, -0.2) is 0 Å². The van der Waals surface area contributed by atoms with E-state index in [1.807, 2.05) is 60.0 Å². The van der Waals surface area contributed by atoms with Gasteiger partial charge in [-0.1, -0.05) is 30.3 Å². The lowest BCUT2D eigenvalue weighted by Crippen LogP contribution is -2.31. The molecule has 0 aliphatic carbocycles. The van der Waals surface area contributed by atoms with E-state index in [0.717, 1.165) is 21.9 Å². The summed E-state index contributed by atoms with van der Waals surface area (Å²) in [6, 6.07) is 16.9. The number of carbonyl (C=O) groups excluding carboxylic acids is 1. The number of thiophene rings is 1. The van der Waals surface area contributed by atoms with Crippen LogP contribution in [0.5, 0.6) is 5.75 Å². The van der Waals surface area contributed by atoms with Gasteiger partial charge in [0.15, 0.2) is 0 Å². The summed E-state index contributed by atoms with van der Waals surface area (Å²) in [4.78, 5) is 17.9. The van der Waals surface area contributed by atoms with Gasteiger partial charge in [0.2, 0.25) is 5.91 Å². The van der Waals surface area contributed by atoms with E-state index in [9.17, 15) is 4.79 Å². The molecule has 1 atom stereocenters. The second-order valence-corrected chi connectivity index (χ2v) is 6.29. The summed E-state index contributed by atoms with van der Waals surface area (Å²) < 4.78 is 5.46. The monoisotopic (exact) mass is 338 g/mol. The van der Waals surface area contributed by atoms with E-state index in [4.69, 9.17) is 4.74 Å². The van der Waals surface area contributed by atoms with Crippen molar-refractivity contribution in [1.29, 1.82) is 0 Å². The molecule has 122 valence electrons. The number of carbonyl (C=O) groups is 1. The van der Waals surface area contributed by atoms with Crippen molar-refractivity contribution >= 4 is 17.2 Å². The van der Waals surface area contributed by atoms with Crippen molar-refractivity contribution in [3.63, 3.8) is 0 Å². The highest BCUT2D eigenvalue weighted by Gasteiger charge is 2.21. The maximum absolute atomic E-state index is 12.5. The minimum Gasteiger partial charge on any atom is -0.496 e. The number of nitrogens with zero attached hydrogens (tertiary/aromatic N) is 1. The average Bonchev–Trinajstić information content (AvgIpc) is 3.13. The third-order valence-electron chi connectivity index (χ3n) is 3.65. The van der Waals surface area contributed by atoms with Crippen LogP contribution < -0.4 is 10.1 Å². The summed E-state index contributed by atoms with van der Waals surface area (Å²) in [6.07, 6.45) is 2.08. The smallest absolute Gasteiger partial charge is 0.226 e. The van der Waals surface area contributed by atoms with Gasteiger partial charge in [0, 0.05) is 16.6 Å². The maximum atomic E-state index is 12.5. The predicted molar refractivity (Wildman–Crippen MR) is 95.2 cm³/mol. The van der Waals surface area contributed by atoms with E-state index >= 15 is 0 Å². The molecular weight excluding hydrogens is 320 g/mol. The molecule has 0 spiro atoms. The molecule has 0 saturated heterocycles. The molecular formula is C19H18N2O2S. The highest BCUT2D eigenvalue weighted by molar-refractivity contribution is 7.10. The highest BCUT2D eigenvalue weighted by Crippen LogP contribution is 2.29. The zero-order valence-corrected chi connectivity index (χ0v) is 14.1. The Balaban J connectivity index is 1.89. The molecule has 0 radical (unpaired) electrons. The van der Waals surface area contributed by atoms with Crippen LogP contribution in [0.15, 0.2) is 66.2 Å². The third kappa shape index (κ3) is 3.81. The van der Waals surface area contributed by atoms with E-state index in [1.54, 1.807) is 24.6 Å². The van der Waals surface area contributed by atoms with Gasteiger partial charge in [-0.2, -0.15) is 0 Å². The molecule has 2 aromatic heterocycles. The van der Waals surface area contributed by atoms with Crippen molar-refractivity contribution < 1.29 is 9.53 Å². The van der Waals surface area contributed by atoms with Crippen molar-refractivity contribution in [3.8, 4) is 5.75 Å². The lowest BCUT2D eigenvalue weighted by atomic mass is 10.0. The van der Waals surface area contributed by atoms with Gasteiger partial charge < -0.3 is 10.1 Å². The number of para-hydroxylation sites is 1. The van der Waals surface area contributed by atoms with Crippen molar-refractivity contribution in [3.05, 3.63) is 82.3 Å². The van der Waals surface area contributed by atoms with Gasteiger partial charge >= 0.3 is 0 Å². The molecule has 4 nitrogen and oxygen atoms in total. The fourth-order valence-corrected chi connectivity index (χ4v) is 3.25. The van der Waals surface area contributed by atoms with E-state index in [1.165, 1.54) is 0 Å². The Morgan fingerprint density at radius 1 is 1.17 bits per heavy atom. The number of nitrogens with one attached hydrogen (secondary N) is 1. The largest absolute Gasteiger partial charge is 0.496 e. The summed E-state index contributed by atoms with van der Waals surface area (Å²) in [5, 5.41) is 5.06. The van der Waals surface area contributed by atoms with Crippen LogP contribution in [0.3, 0.4) is 0 Å². The minimum absolute atomic E-state index is 0.0426. The summed E-state index contributed by atoms with van der Waals surface area (Å²) in [7, 11) is 1.63. The van der Waals surface area contributed by atoms with E-state index in [-0.39, 0.29) is 11.9 Å². The van der Waals surface area contributed by atoms with Crippen LogP contribution in [-0.4, -0.2) is 18.0 Å². The SMILES string of the molecule is COc1ccccc1[C@@H](NC(=O)Cc1cccs1)c1ccccn1. The Morgan fingerprint density at radius 3 is 2.71 bits per heavy atom. The number of pyridine rings is 1. The van der Waals surface area contributed by atoms with Gasteiger partial charge in [-0.05, 0) is 29.6 Å². The summed E-state index contributed by atoms with van der Waals surface area (Å²) in [5.74, 6) is 0.684. The number of aromatic nitrogens is 1. The van der Waals surface area contributed by atoms with Gasteiger partial charge in [0.25, 0.3) is 0 Å². The molecule has 2 heterocycles. The van der Waals surface area contributed by atoms with Crippen LogP contribution in [0, 0.1) is 0 Å². The summed E-state index contributed by atoms with van der Waals surface area (Å²) in [5.41, 5.74) is 1.67. The second kappa shape index (κ2) is 7.75. The molecule has 1 amide bonds. The van der Waals surface area contributed by atoms with Crippen LogP contribution in [0.4, 0.5) is 0 Å². The number of hydrogen-bond acceptors (Lipinski definition) is 4. The Morgan fingerprint density at radius 2 is 2.00 bits per heavy atom. The Kier molecular flexibility index (Phi) is 5.23. The van der Waals surface area contributed by atoms with Crippen LogP contribution in [0.25, 0.3) is 0 Å².